The first-order chi connectivity index (χ1) is 11.3. The van der Waals surface area contributed by atoms with E-state index >= 15 is 0 Å². The molecule has 0 radical (unpaired) electrons. The van der Waals surface area contributed by atoms with Gasteiger partial charge in [0.15, 0.2) is 9.84 Å². The molecule has 1 N–H and O–H groups in total. The first-order valence-electron chi connectivity index (χ1n) is 7.12. The van der Waals surface area contributed by atoms with E-state index in [1.54, 1.807) is 24.3 Å². The van der Waals surface area contributed by atoms with Crippen LogP contribution in [-0.4, -0.2) is 19.3 Å². The minimum atomic E-state index is -3.65. The molecule has 0 amide bonds. The zero-order valence-electron chi connectivity index (χ0n) is 12.8. The fourth-order valence-corrected chi connectivity index (χ4v) is 6.15. The Hall–Kier alpha value is -1.18. The van der Waals surface area contributed by atoms with Crippen LogP contribution in [0.15, 0.2) is 58.1 Å². The molecular weight excluding hydrogens is 384 g/mol. The lowest BCUT2D eigenvalue weighted by Gasteiger charge is -2.24. The van der Waals surface area contributed by atoms with E-state index in [9.17, 15) is 13.5 Å². The summed E-state index contributed by atoms with van der Waals surface area (Å²) >= 11 is 8.87. The van der Waals surface area contributed by atoms with Crippen LogP contribution >= 0.6 is 34.3 Å². The lowest BCUT2D eigenvalue weighted by atomic mass is 9.98. The maximum absolute atomic E-state index is 12.7. The van der Waals surface area contributed by atoms with Crippen LogP contribution in [0, 0.1) is 0 Å². The Labute approximate surface area is 154 Å². The lowest BCUT2D eigenvalue weighted by Crippen LogP contribution is -2.31. The van der Waals surface area contributed by atoms with Crippen molar-refractivity contribution in [2.24, 2.45) is 0 Å². The van der Waals surface area contributed by atoms with Gasteiger partial charge in [-0.25, -0.2) is 8.42 Å². The van der Waals surface area contributed by atoms with Crippen LogP contribution in [0.5, 0.6) is 0 Å². The number of hydrogen-bond acceptors (Lipinski definition) is 5. The van der Waals surface area contributed by atoms with Crippen LogP contribution in [0.25, 0.3) is 9.75 Å². The Kier molecular flexibility index (Phi) is 4.86. The molecular formula is C17H15ClO3S3. The van der Waals surface area contributed by atoms with Crippen molar-refractivity contribution in [3.8, 4) is 9.75 Å². The molecule has 0 aliphatic heterocycles. The highest BCUT2D eigenvalue weighted by Crippen LogP contribution is 2.39. The van der Waals surface area contributed by atoms with Crippen LogP contribution in [0.2, 0.25) is 5.02 Å². The summed E-state index contributed by atoms with van der Waals surface area (Å²) in [6.45, 7) is 1.54. The average Bonchev–Trinajstić information content (AvgIpc) is 3.18. The Bertz CT molecular complexity index is 924. The summed E-state index contributed by atoms with van der Waals surface area (Å²) in [5.41, 5.74) is -0.856. The van der Waals surface area contributed by atoms with Crippen LogP contribution in [0.1, 0.15) is 12.5 Å². The summed E-state index contributed by atoms with van der Waals surface area (Å²) < 4.78 is 25.3. The van der Waals surface area contributed by atoms with Crippen molar-refractivity contribution in [3.63, 3.8) is 0 Å². The lowest BCUT2D eigenvalue weighted by molar-refractivity contribution is 0.0830. The monoisotopic (exact) mass is 398 g/mol. The highest BCUT2D eigenvalue weighted by Gasteiger charge is 2.34. The molecule has 24 heavy (non-hydrogen) atoms. The number of halogens is 1. The third kappa shape index (κ3) is 3.58. The van der Waals surface area contributed by atoms with Crippen molar-refractivity contribution in [1.29, 1.82) is 0 Å². The van der Waals surface area contributed by atoms with Crippen molar-refractivity contribution < 1.29 is 13.5 Å². The molecule has 3 rings (SSSR count). The SMILES string of the molecule is CC(O)(CS(=O)(=O)c1ccc(Cl)cc1)c1ccsc1-c1cccs1. The minimum Gasteiger partial charge on any atom is -0.384 e. The first-order valence-corrected chi connectivity index (χ1v) is 10.9. The molecule has 1 aromatic carbocycles. The van der Waals surface area contributed by atoms with Gasteiger partial charge >= 0.3 is 0 Å². The van der Waals surface area contributed by atoms with Gasteiger partial charge in [0.2, 0.25) is 0 Å². The molecule has 0 bridgehead atoms. The zero-order valence-corrected chi connectivity index (χ0v) is 16.0. The number of sulfone groups is 1. The summed E-state index contributed by atoms with van der Waals surface area (Å²) in [4.78, 5) is 2.07. The predicted octanol–water partition coefficient (Wildman–Crippen LogP) is 4.81. The zero-order chi connectivity index (χ0) is 17.4. The van der Waals surface area contributed by atoms with Gasteiger partial charge in [-0.3, -0.25) is 0 Å². The molecule has 0 saturated heterocycles. The van der Waals surface area contributed by atoms with Gasteiger partial charge in [-0.2, -0.15) is 0 Å². The van der Waals surface area contributed by atoms with E-state index in [1.165, 1.54) is 35.6 Å². The maximum Gasteiger partial charge on any atom is 0.181 e. The van der Waals surface area contributed by atoms with Gasteiger partial charge in [0.25, 0.3) is 0 Å². The number of benzene rings is 1. The van der Waals surface area contributed by atoms with Gasteiger partial charge < -0.3 is 5.11 Å². The molecule has 0 fully saturated rings. The van der Waals surface area contributed by atoms with E-state index < -0.39 is 21.2 Å². The number of rotatable bonds is 5. The number of hydrogen-bond donors (Lipinski definition) is 1. The molecule has 3 aromatic rings. The van der Waals surface area contributed by atoms with Crippen molar-refractivity contribution in [1.82, 2.24) is 0 Å². The number of aliphatic hydroxyl groups is 1. The second kappa shape index (κ2) is 6.61. The van der Waals surface area contributed by atoms with E-state index in [0.717, 1.165) is 9.75 Å². The molecule has 3 nitrogen and oxygen atoms in total. The molecule has 7 heteroatoms. The Morgan fingerprint density at radius 1 is 1.08 bits per heavy atom. The normalized spacial score (nSPS) is 14.5. The predicted molar refractivity (Wildman–Crippen MR) is 101 cm³/mol. The Morgan fingerprint density at radius 2 is 1.79 bits per heavy atom. The van der Waals surface area contributed by atoms with Crippen molar-refractivity contribution in [2.75, 3.05) is 5.75 Å². The van der Waals surface area contributed by atoms with Crippen LogP contribution < -0.4 is 0 Å². The van der Waals surface area contributed by atoms with Gasteiger partial charge in [0.05, 0.1) is 15.5 Å². The van der Waals surface area contributed by atoms with E-state index in [2.05, 4.69) is 0 Å². The quantitative estimate of drug-likeness (QED) is 0.670. The summed E-state index contributed by atoms with van der Waals surface area (Å²) in [6.07, 6.45) is 0. The molecule has 2 heterocycles. The van der Waals surface area contributed by atoms with Crippen molar-refractivity contribution >= 4 is 44.1 Å². The maximum atomic E-state index is 12.7. The van der Waals surface area contributed by atoms with E-state index in [1.807, 2.05) is 22.9 Å². The molecule has 0 saturated carbocycles. The van der Waals surface area contributed by atoms with E-state index in [0.29, 0.717) is 10.6 Å². The molecule has 0 spiro atoms. The van der Waals surface area contributed by atoms with E-state index in [-0.39, 0.29) is 4.90 Å². The van der Waals surface area contributed by atoms with Crippen LogP contribution in [-0.2, 0) is 15.4 Å². The standard InChI is InChI=1S/C17H15ClO3S3/c1-17(19,11-24(20,21)13-6-4-12(18)5-7-13)14-8-10-23-16(14)15-3-2-9-22-15/h2-10,19H,11H2,1H3. The highest BCUT2D eigenvalue weighted by atomic mass is 35.5. The molecule has 126 valence electrons. The second-order valence-corrected chi connectivity index (χ2v) is 9.92. The topological polar surface area (TPSA) is 54.4 Å². The molecule has 1 atom stereocenters. The Balaban J connectivity index is 1.95. The summed E-state index contributed by atoms with van der Waals surface area (Å²) in [7, 11) is -3.65. The van der Waals surface area contributed by atoms with Crippen molar-refractivity contribution in [2.45, 2.75) is 17.4 Å². The van der Waals surface area contributed by atoms with E-state index in [4.69, 9.17) is 11.6 Å². The van der Waals surface area contributed by atoms with Crippen LogP contribution in [0.4, 0.5) is 0 Å². The minimum absolute atomic E-state index is 0.153. The van der Waals surface area contributed by atoms with Gasteiger partial charge in [-0.15, -0.1) is 22.7 Å². The molecule has 0 aliphatic carbocycles. The van der Waals surface area contributed by atoms with Gasteiger partial charge in [0, 0.05) is 15.5 Å². The van der Waals surface area contributed by atoms with Crippen LogP contribution in [0.3, 0.4) is 0 Å². The molecule has 2 aromatic heterocycles. The average molecular weight is 399 g/mol. The summed E-state index contributed by atoms with van der Waals surface area (Å²) in [6, 6.07) is 11.7. The third-order valence-corrected chi connectivity index (χ3v) is 7.78. The number of thiophene rings is 2. The van der Waals surface area contributed by atoms with Gasteiger partial charge in [0.1, 0.15) is 5.60 Å². The smallest absolute Gasteiger partial charge is 0.181 e. The molecule has 1 unspecified atom stereocenters. The Morgan fingerprint density at radius 3 is 2.42 bits per heavy atom. The first kappa shape index (κ1) is 17.6. The fraction of sp³-hybridized carbons (Fsp3) is 0.176. The van der Waals surface area contributed by atoms with Gasteiger partial charge in [-0.1, -0.05) is 17.7 Å². The molecule has 0 aliphatic rings. The fourth-order valence-electron chi connectivity index (χ4n) is 2.50. The highest BCUT2D eigenvalue weighted by molar-refractivity contribution is 7.91. The third-order valence-electron chi connectivity index (χ3n) is 3.63. The largest absolute Gasteiger partial charge is 0.384 e. The summed E-state index contributed by atoms with van der Waals surface area (Å²) in [5, 5.41) is 15.2. The van der Waals surface area contributed by atoms with Gasteiger partial charge in [-0.05, 0) is 54.1 Å². The summed E-state index contributed by atoms with van der Waals surface area (Å²) in [5.74, 6) is -0.392. The van der Waals surface area contributed by atoms with Crippen molar-refractivity contribution in [3.05, 3.63) is 63.8 Å². The second-order valence-electron chi connectivity index (χ2n) is 5.63.